The Hall–Kier alpha value is -3.54. The van der Waals surface area contributed by atoms with Crippen LogP contribution in [0.5, 0.6) is 11.5 Å². The van der Waals surface area contributed by atoms with E-state index in [9.17, 15) is 14.7 Å². The lowest BCUT2D eigenvalue weighted by molar-refractivity contribution is -0.143. The number of phenolic OH excluding ortho intramolecular Hbond substituents is 1. The summed E-state index contributed by atoms with van der Waals surface area (Å²) in [6, 6.07) is 15.0. The van der Waals surface area contributed by atoms with Crippen molar-refractivity contribution in [3.05, 3.63) is 82.2 Å². The van der Waals surface area contributed by atoms with E-state index in [1.165, 1.54) is 0 Å². The number of nitrogens with one attached hydrogen (secondary N) is 1. The minimum absolute atomic E-state index is 0.000912. The number of ether oxygens (including phenoxy) is 2. The van der Waals surface area contributed by atoms with Gasteiger partial charge in [0, 0.05) is 29.3 Å². The monoisotopic (exact) mass is 461 g/mol. The largest absolute Gasteiger partial charge is 0.504 e. The Morgan fingerprint density at radius 2 is 1.85 bits per heavy atom. The van der Waals surface area contributed by atoms with Gasteiger partial charge in [0.25, 0.3) is 0 Å². The number of hydrogen-bond donors (Lipinski definition) is 2. The minimum atomic E-state index is -0.605. The van der Waals surface area contributed by atoms with Gasteiger partial charge in [-0.2, -0.15) is 0 Å². The van der Waals surface area contributed by atoms with Crippen LogP contribution in [-0.4, -0.2) is 29.6 Å². The van der Waals surface area contributed by atoms with Crippen LogP contribution in [0.1, 0.15) is 63.5 Å². The van der Waals surface area contributed by atoms with Gasteiger partial charge >= 0.3 is 5.97 Å². The van der Waals surface area contributed by atoms with Gasteiger partial charge in [-0.3, -0.25) is 4.79 Å². The fraction of sp³-hybridized carbons (Fsp3) is 0.357. The Labute approximate surface area is 200 Å². The summed E-state index contributed by atoms with van der Waals surface area (Å²) in [4.78, 5) is 26.8. The lowest BCUT2D eigenvalue weighted by Crippen LogP contribution is -2.36. The molecule has 1 aliphatic heterocycles. The molecule has 34 heavy (non-hydrogen) atoms. The summed E-state index contributed by atoms with van der Waals surface area (Å²) in [6.07, 6.45) is 0.734. The summed E-state index contributed by atoms with van der Waals surface area (Å²) in [7, 11) is 0. The summed E-state index contributed by atoms with van der Waals surface area (Å²) in [6.45, 7) is 7.66. The second-order valence-corrected chi connectivity index (χ2v) is 9.04. The molecular weight excluding hydrogens is 430 g/mol. The number of Topliss-reactive ketones (excluding diaryl/α,β-unsaturated/α-hetero) is 1. The van der Waals surface area contributed by atoms with Crippen molar-refractivity contribution in [3.63, 3.8) is 0 Å². The molecule has 2 aliphatic rings. The highest BCUT2D eigenvalue weighted by Gasteiger charge is 2.41. The lowest BCUT2D eigenvalue weighted by atomic mass is 9.71. The number of phenols is 1. The Kier molecular flexibility index (Phi) is 6.77. The Morgan fingerprint density at radius 1 is 1.12 bits per heavy atom. The zero-order chi connectivity index (χ0) is 24.4. The van der Waals surface area contributed by atoms with Crippen molar-refractivity contribution < 1.29 is 24.2 Å². The number of carbonyl (C=O) groups is 2. The van der Waals surface area contributed by atoms with E-state index in [0.717, 1.165) is 11.3 Å². The molecule has 2 N–H and O–H groups in total. The maximum atomic E-state index is 13.6. The highest BCUT2D eigenvalue weighted by Crippen LogP contribution is 2.47. The molecule has 4 rings (SSSR count). The van der Waals surface area contributed by atoms with Gasteiger partial charge in [0.05, 0.1) is 18.3 Å². The molecule has 2 atom stereocenters. The number of rotatable bonds is 6. The number of hydrogen-bond acceptors (Lipinski definition) is 6. The van der Waals surface area contributed by atoms with Gasteiger partial charge in [-0.1, -0.05) is 36.4 Å². The van der Waals surface area contributed by atoms with Crippen LogP contribution < -0.4 is 10.1 Å². The smallest absolute Gasteiger partial charge is 0.337 e. The maximum Gasteiger partial charge on any atom is 0.337 e. The second kappa shape index (κ2) is 9.75. The highest BCUT2D eigenvalue weighted by molar-refractivity contribution is 6.04. The van der Waals surface area contributed by atoms with Crippen LogP contribution in [0.4, 0.5) is 0 Å². The van der Waals surface area contributed by atoms with Crippen molar-refractivity contribution in [1.29, 1.82) is 0 Å². The minimum Gasteiger partial charge on any atom is -0.504 e. The zero-order valence-corrected chi connectivity index (χ0v) is 20.1. The van der Waals surface area contributed by atoms with Crippen LogP contribution in [0.25, 0.3) is 0 Å². The number of aromatic hydroxyl groups is 1. The van der Waals surface area contributed by atoms with Crippen molar-refractivity contribution in [3.8, 4) is 11.5 Å². The molecular formula is C28H31NO5. The van der Waals surface area contributed by atoms with Gasteiger partial charge in [-0.15, -0.1) is 0 Å². The van der Waals surface area contributed by atoms with E-state index in [1.54, 1.807) is 32.0 Å². The summed E-state index contributed by atoms with van der Waals surface area (Å²) < 4.78 is 11.2. The fourth-order valence-corrected chi connectivity index (χ4v) is 4.86. The zero-order valence-electron chi connectivity index (χ0n) is 20.1. The topological polar surface area (TPSA) is 84.9 Å². The van der Waals surface area contributed by atoms with Gasteiger partial charge < -0.3 is 19.9 Å². The van der Waals surface area contributed by atoms with Crippen LogP contribution >= 0.6 is 0 Å². The lowest BCUT2D eigenvalue weighted by Gasteiger charge is -2.37. The van der Waals surface area contributed by atoms with E-state index < -0.39 is 11.9 Å². The SMILES string of the molecule is CCOc1cc([C@H]2C(C(=O)OC(C)C)=C(C)NC3=C2C(=O)C[C@@H](c2ccccc2)C3)ccc1O. The van der Waals surface area contributed by atoms with E-state index in [0.29, 0.717) is 47.6 Å². The Bertz CT molecular complexity index is 1160. The molecule has 0 bridgehead atoms. The second-order valence-electron chi connectivity index (χ2n) is 9.04. The molecule has 6 heteroatoms. The van der Waals surface area contributed by atoms with Gasteiger partial charge in [-0.25, -0.2) is 4.79 Å². The van der Waals surface area contributed by atoms with Crippen molar-refractivity contribution in [1.82, 2.24) is 5.32 Å². The average Bonchev–Trinajstić information content (AvgIpc) is 2.79. The molecule has 0 saturated carbocycles. The molecule has 1 heterocycles. The van der Waals surface area contributed by atoms with E-state index >= 15 is 0 Å². The molecule has 0 amide bonds. The molecule has 178 valence electrons. The van der Waals surface area contributed by atoms with Crippen molar-refractivity contribution >= 4 is 11.8 Å². The van der Waals surface area contributed by atoms with Gasteiger partial charge in [0.15, 0.2) is 17.3 Å². The van der Waals surface area contributed by atoms with Crippen molar-refractivity contribution in [2.75, 3.05) is 6.61 Å². The number of dihydropyridines is 1. The summed E-state index contributed by atoms with van der Waals surface area (Å²) >= 11 is 0. The first-order valence-electron chi connectivity index (χ1n) is 11.8. The van der Waals surface area contributed by atoms with Crippen molar-refractivity contribution in [2.45, 2.75) is 58.5 Å². The van der Waals surface area contributed by atoms with Crippen LogP contribution in [0.3, 0.4) is 0 Å². The Balaban J connectivity index is 1.83. The molecule has 0 unspecified atom stereocenters. The molecule has 0 radical (unpaired) electrons. The van der Waals surface area contributed by atoms with E-state index in [1.807, 2.05) is 44.2 Å². The molecule has 0 fully saturated rings. The quantitative estimate of drug-likeness (QED) is 0.582. The molecule has 1 aliphatic carbocycles. The number of benzene rings is 2. The molecule has 2 aromatic carbocycles. The third kappa shape index (κ3) is 4.58. The highest BCUT2D eigenvalue weighted by atomic mass is 16.5. The average molecular weight is 462 g/mol. The number of ketones is 1. The van der Waals surface area contributed by atoms with Gasteiger partial charge in [0.2, 0.25) is 0 Å². The van der Waals surface area contributed by atoms with Crippen molar-refractivity contribution in [2.24, 2.45) is 0 Å². The first kappa shape index (κ1) is 23.6. The number of allylic oxidation sites excluding steroid dienone is 3. The molecule has 6 nitrogen and oxygen atoms in total. The van der Waals surface area contributed by atoms with E-state index in [2.05, 4.69) is 5.32 Å². The maximum absolute atomic E-state index is 13.6. The first-order valence-corrected chi connectivity index (χ1v) is 11.8. The standard InChI is InChI=1S/C28H31NO5/c1-5-33-24-15-19(11-12-22(24)30)26-25(28(32)34-16(2)3)17(4)29-21-13-20(14-23(31)27(21)26)18-9-7-6-8-10-18/h6-12,15-16,20,26,29-30H,5,13-14H2,1-4H3/t20-,26-/m0/s1. The normalized spacial score (nSPS) is 20.2. The molecule has 0 aromatic heterocycles. The number of esters is 1. The van der Waals surface area contributed by atoms with E-state index in [4.69, 9.17) is 9.47 Å². The molecule has 2 aromatic rings. The predicted molar refractivity (Wildman–Crippen MR) is 130 cm³/mol. The van der Waals surface area contributed by atoms with Crippen LogP contribution in [0.15, 0.2) is 71.1 Å². The molecule has 0 saturated heterocycles. The van der Waals surface area contributed by atoms with Crippen LogP contribution in [-0.2, 0) is 14.3 Å². The number of carbonyl (C=O) groups excluding carboxylic acids is 2. The third-order valence-electron chi connectivity index (χ3n) is 6.28. The van der Waals surface area contributed by atoms with Crippen LogP contribution in [0.2, 0.25) is 0 Å². The van der Waals surface area contributed by atoms with Crippen LogP contribution in [0, 0.1) is 0 Å². The summed E-state index contributed by atoms with van der Waals surface area (Å²) in [5.41, 5.74) is 4.32. The first-order chi connectivity index (χ1) is 16.3. The summed E-state index contributed by atoms with van der Waals surface area (Å²) in [5, 5.41) is 13.6. The summed E-state index contributed by atoms with van der Waals surface area (Å²) in [5.74, 6) is -0.662. The Morgan fingerprint density at radius 3 is 2.53 bits per heavy atom. The fourth-order valence-electron chi connectivity index (χ4n) is 4.86. The molecule has 0 spiro atoms. The van der Waals surface area contributed by atoms with Gasteiger partial charge in [-0.05, 0) is 63.3 Å². The predicted octanol–water partition coefficient (Wildman–Crippen LogP) is 5.10. The van der Waals surface area contributed by atoms with E-state index in [-0.39, 0.29) is 23.6 Å². The van der Waals surface area contributed by atoms with Gasteiger partial charge in [0.1, 0.15) is 0 Å². The third-order valence-corrected chi connectivity index (χ3v) is 6.28.